The van der Waals surface area contributed by atoms with Gasteiger partial charge in [0.25, 0.3) is 0 Å². The van der Waals surface area contributed by atoms with Crippen molar-refractivity contribution >= 4 is 11.9 Å². The number of carbonyl (C=O) groups is 2. The van der Waals surface area contributed by atoms with Gasteiger partial charge in [0, 0.05) is 13.1 Å². The molecule has 0 atom stereocenters. The number of hydrogen-bond acceptors (Lipinski definition) is 5. The van der Waals surface area contributed by atoms with Gasteiger partial charge in [-0.25, -0.2) is 9.59 Å². The van der Waals surface area contributed by atoms with Crippen LogP contribution in [0.3, 0.4) is 0 Å². The Morgan fingerprint density at radius 1 is 1.00 bits per heavy atom. The van der Waals surface area contributed by atoms with E-state index in [1.807, 2.05) is 0 Å². The average molecular weight is 370 g/mol. The predicted molar refractivity (Wildman–Crippen MR) is 66.1 cm³/mol. The van der Waals surface area contributed by atoms with Crippen molar-refractivity contribution in [3.05, 3.63) is 0 Å². The van der Waals surface area contributed by atoms with E-state index in [1.54, 1.807) is 0 Å². The monoisotopic (exact) mass is 370 g/mol. The number of likely N-dealkylation sites (tertiary alicyclic amines) is 1. The first-order chi connectivity index (χ1) is 10.8. The van der Waals surface area contributed by atoms with Crippen molar-refractivity contribution in [3.63, 3.8) is 0 Å². The van der Waals surface area contributed by atoms with Gasteiger partial charge in [-0.15, -0.1) is 0 Å². The Hall–Kier alpha value is -1.60. The summed E-state index contributed by atoms with van der Waals surface area (Å²) in [5.41, 5.74) is 5.50. The van der Waals surface area contributed by atoms with E-state index in [9.17, 15) is 26.3 Å². The molecule has 0 radical (unpaired) electrons. The zero-order valence-corrected chi connectivity index (χ0v) is 12.1. The molecule has 2 saturated heterocycles. The van der Waals surface area contributed by atoms with Crippen molar-refractivity contribution < 1.29 is 50.9 Å². The van der Waals surface area contributed by atoms with Crippen LogP contribution in [0.25, 0.3) is 0 Å². The maximum Gasteiger partial charge on any atom is 0.490 e. The number of halogens is 6. The first kappa shape index (κ1) is 22.4. The highest BCUT2D eigenvalue weighted by molar-refractivity contribution is 5.73. The van der Waals surface area contributed by atoms with E-state index in [4.69, 9.17) is 30.3 Å². The molecule has 0 aliphatic carbocycles. The second-order valence-electron chi connectivity index (χ2n) is 4.85. The Labute approximate surface area is 132 Å². The summed E-state index contributed by atoms with van der Waals surface area (Å²) in [4.78, 5) is 20.3. The van der Waals surface area contributed by atoms with Crippen molar-refractivity contribution in [2.24, 2.45) is 11.7 Å². The smallest absolute Gasteiger partial charge is 0.475 e. The molecule has 13 heteroatoms. The lowest BCUT2D eigenvalue weighted by Gasteiger charge is -2.47. The molecule has 2 aliphatic rings. The van der Waals surface area contributed by atoms with Gasteiger partial charge in [-0.3, -0.25) is 4.90 Å². The van der Waals surface area contributed by atoms with Crippen LogP contribution in [0.15, 0.2) is 0 Å². The number of carboxylic acids is 2. The van der Waals surface area contributed by atoms with E-state index in [0.717, 1.165) is 31.7 Å². The van der Waals surface area contributed by atoms with E-state index in [2.05, 4.69) is 4.90 Å². The fraction of sp³-hybridized carbons (Fsp3) is 0.818. The van der Waals surface area contributed by atoms with Gasteiger partial charge in [0.1, 0.15) is 0 Å². The van der Waals surface area contributed by atoms with Crippen LogP contribution in [0, 0.1) is 5.92 Å². The normalized spacial score (nSPS) is 19.0. The Morgan fingerprint density at radius 3 is 1.50 bits per heavy atom. The van der Waals surface area contributed by atoms with Gasteiger partial charge >= 0.3 is 24.3 Å². The minimum atomic E-state index is -5.08. The standard InChI is InChI=1S/C7H14N2O.2C2HF3O2/c8-1-6-2-9(3-6)7-4-10-5-7;2*3-2(4,5)1(6)7/h6-7H,1-5,8H2;2*(H,6,7). The van der Waals surface area contributed by atoms with Crippen molar-refractivity contribution in [1.82, 2.24) is 4.90 Å². The lowest BCUT2D eigenvalue weighted by molar-refractivity contribution is -0.193. The van der Waals surface area contributed by atoms with Gasteiger partial charge in [-0.1, -0.05) is 0 Å². The summed E-state index contributed by atoms with van der Waals surface area (Å²) in [6.07, 6.45) is -10.2. The van der Waals surface area contributed by atoms with Gasteiger partial charge in [-0.05, 0) is 12.5 Å². The van der Waals surface area contributed by atoms with E-state index in [0.29, 0.717) is 0 Å². The molecule has 142 valence electrons. The van der Waals surface area contributed by atoms with Crippen molar-refractivity contribution in [3.8, 4) is 0 Å². The Kier molecular flexibility index (Phi) is 8.43. The Bertz CT molecular complexity index is 394. The summed E-state index contributed by atoms with van der Waals surface area (Å²) >= 11 is 0. The molecule has 0 amide bonds. The zero-order valence-electron chi connectivity index (χ0n) is 12.1. The van der Waals surface area contributed by atoms with Crippen LogP contribution in [0.4, 0.5) is 26.3 Å². The van der Waals surface area contributed by atoms with Gasteiger partial charge in [0.2, 0.25) is 0 Å². The maximum atomic E-state index is 10.6. The predicted octanol–water partition coefficient (Wildman–Crippen LogP) is 0.542. The topological polar surface area (TPSA) is 113 Å². The van der Waals surface area contributed by atoms with Crippen LogP contribution in [0.1, 0.15) is 0 Å². The van der Waals surface area contributed by atoms with Crippen LogP contribution in [0.2, 0.25) is 0 Å². The molecule has 0 aromatic rings. The van der Waals surface area contributed by atoms with Crippen molar-refractivity contribution in [1.29, 1.82) is 0 Å². The van der Waals surface area contributed by atoms with Gasteiger partial charge in [0.05, 0.1) is 19.3 Å². The van der Waals surface area contributed by atoms with Gasteiger partial charge in [0.15, 0.2) is 0 Å². The molecular weight excluding hydrogens is 354 g/mol. The third kappa shape index (κ3) is 8.31. The summed E-state index contributed by atoms with van der Waals surface area (Å²) in [6.45, 7) is 5.13. The number of alkyl halides is 6. The maximum absolute atomic E-state index is 10.6. The molecular formula is C11H16F6N2O5. The van der Waals surface area contributed by atoms with Crippen molar-refractivity contribution in [2.75, 3.05) is 32.8 Å². The van der Waals surface area contributed by atoms with E-state index >= 15 is 0 Å². The summed E-state index contributed by atoms with van der Waals surface area (Å²) in [5, 5.41) is 14.2. The number of hydrogen-bond donors (Lipinski definition) is 3. The Morgan fingerprint density at radius 2 is 1.33 bits per heavy atom. The third-order valence-electron chi connectivity index (χ3n) is 2.94. The quantitative estimate of drug-likeness (QED) is 0.608. The number of nitrogens with two attached hydrogens (primary N) is 1. The lowest BCUT2D eigenvalue weighted by atomic mass is 9.97. The summed E-state index contributed by atoms with van der Waals surface area (Å²) < 4.78 is 68.6. The molecule has 2 rings (SSSR count). The molecule has 2 fully saturated rings. The molecule has 0 aromatic carbocycles. The van der Waals surface area contributed by atoms with Gasteiger partial charge < -0.3 is 20.7 Å². The van der Waals surface area contributed by atoms with E-state index < -0.39 is 24.3 Å². The molecule has 0 spiro atoms. The molecule has 0 unspecified atom stereocenters. The number of rotatable bonds is 2. The van der Waals surface area contributed by atoms with Crippen LogP contribution < -0.4 is 5.73 Å². The molecule has 2 heterocycles. The highest BCUT2D eigenvalue weighted by Gasteiger charge is 2.39. The van der Waals surface area contributed by atoms with Crippen LogP contribution in [-0.4, -0.2) is 78.3 Å². The highest BCUT2D eigenvalue weighted by Crippen LogP contribution is 2.21. The minimum Gasteiger partial charge on any atom is -0.475 e. The molecule has 0 aromatic heterocycles. The average Bonchev–Trinajstić information content (AvgIpc) is 2.29. The summed E-state index contributed by atoms with van der Waals surface area (Å²) in [5.74, 6) is -4.75. The van der Waals surface area contributed by atoms with Crippen LogP contribution >= 0.6 is 0 Å². The third-order valence-corrected chi connectivity index (χ3v) is 2.94. The molecule has 0 saturated carbocycles. The second-order valence-corrected chi connectivity index (χ2v) is 4.85. The Balaban J connectivity index is 0.000000343. The molecule has 7 nitrogen and oxygen atoms in total. The van der Waals surface area contributed by atoms with E-state index in [1.165, 1.54) is 13.1 Å². The van der Waals surface area contributed by atoms with E-state index in [-0.39, 0.29) is 0 Å². The number of nitrogens with zero attached hydrogens (tertiary/aromatic N) is 1. The summed E-state index contributed by atoms with van der Waals surface area (Å²) in [6, 6.07) is 0.725. The first-order valence-electron chi connectivity index (χ1n) is 6.41. The SMILES string of the molecule is NCC1CN(C2COC2)C1.O=C(O)C(F)(F)F.O=C(O)C(F)(F)F. The second kappa shape index (κ2) is 9.03. The van der Waals surface area contributed by atoms with Gasteiger partial charge in [-0.2, -0.15) is 26.3 Å². The summed E-state index contributed by atoms with van der Waals surface area (Å²) in [7, 11) is 0. The first-order valence-corrected chi connectivity index (χ1v) is 6.41. The highest BCUT2D eigenvalue weighted by atomic mass is 19.4. The number of ether oxygens (including phenoxy) is 1. The van der Waals surface area contributed by atoms with Crippen molar-refractivity contribution in [2.45, 2.75) is 18.4 Å². The molecule has 24 heavy (non-hydrogen) atoms. The molecule has 2 aliphatic heterocycles. The zero-order chi connectivity index (χ0) is 19.1. The number of carboxylic acid groups (broad SMARTS) is 2. The van der Waals surface area contributed by atoms with Crippen LogP contribution in [-0.2, 0) is 14.3 Å². The molecule has 0 bridgehead atoms. The van der Waals surface area contributed by atoms with Crippen LogP contribution in [0.5, 0.6) is 0 Å². The minimum absolute atomic E-state index is 0.725. The fourth-order valence-electron chi connectivity index (χ4n) is 1.49. The fourth-order valence-corrected chi connectivity index (χ4v) is 1.49. The number of aliphatic carboxylic acids is 2. The lowest BCUT2D eigenvalue weighted by Crippen LogP contribution is -2.60. The molecule has 4 N–H and O–H groups in total. The largest absolute Gasteiger partial charge is 0.490 e.